The van der Waals surface area contributed by atoms with Crippen molar-refractivity contribution in [1.29, 1.82) is 0 Å². The zero-order valence-electron chi connectivity index (χ0n) is 16.1. The molecule has 2 heterocycles. The number of esters is 1. The average molecular weight is 401 g/mol. The molecule has 0 fully saturated rings. The van der Waals surface area contributed by atoms with Crippen LogP contribution in [-0.2, 0) is 11.2 Å². The highest BCUT2D eigenvalue weighted by Crippen LogP contribution is 2.33. The molecule has 1 N–H and O–H groups in total. The molecule has 1 atom stereocenters. The third-order valence-corrected chi connectivity index (χ3v) is 5.21. The number of cyclic esters (lactones) is 1. The standard InChI is InChI=1S/C24H19NO5/c26-23(25-18-7-9-20-22(14-18)29-11-10-28-20)16-6-8-19-17(12-16)13-21(30-24(19)27)15-4-2-1-3-5-15/h1-9,12,14,21H,10-11,13H2,(H,25,26)/t21-/m0/s1. The largest absolute Gasteiger partial charge is 0.486 e. The number of carbonyl (C=O) groups excluding carboxylic acids is 2. The molecule has 1 amide bonds. The van der Waals surface area contributed by atoms with Gasteiger partial charge in [0.1, 0.15) is 19.3 Å². The fourth-order valence-corrected chi connectivity index (χ4v) is 3.72. The molecule has 0 spiro atoms. The van der Waals surface area contributed by atoms with Crippen LogP contribution < -0.4 is 14.8 Å². The van der Waals surface area contributed by atoms with Crippen LogP contribution in [0.25, 0.3) is 0 Å². The fourth-order valence-electron chi connectivity index (χ4n) is 3.72. The van der Waals surface area contributed by atoms with Gasteiger partial charge in [0.25, 0.3) is 5.91 Å². The molecule has 0 saturated carbocycles. The molecule has 0 bridgehead atoms. The molecular formula is C24H19NO5. The smallest absolute Gasteiger partial charge is 0.339 e. The van der Waals surface area contributed by atoms with Crippen LogP contribution in [0, 0.1) is 0 Å². The summed E-state index contributed by atoms with van der Waals surface area (Å²) in [6, 6.07) is 19.9. The van der Waals surface area contributed by atoms with Gasteiger partial charge in [0.2, 0.25) is 0 Å². The van der Waals surface area contributed by atoms with E-state index in [0.717, 1.165) is 11.1 Å². The highest BCUT2D eigenvalue weighted by Gasteiger charge is 2.28. The third-order valence-electron chi connectivity index (χ3n) is 5.21. The Morgan fingerprint density at radius 3 is 2.53 bits per heavy atom. The van der Waals surface area contributed by atoms with Gasteiger partial charge in [-0.3, -0.25) is 4.79 Å². The summed E-state index contributed by atoms with van der Waals surface area (Å²) in [5, 5.41) is 2.88. The lowest BCUT2D eigenvalue weighted by atomic mass is 9.93. The van der Waals surface area contributed by atoms with E-state index in [1.807, 2.05) is 30.3 Å². The number of anilines is 1. The highest BCUT2D eigenvalue weighted by atomic mass is 16.6. The minimum absolute atomic E-state index is 0.260. The summed E-state index contributed by atoms with van der Waals surface area (Å²) >= 11 is 0. The SMILES string of the molecule is O=C(Nc1ccc2c(c1)OCCO2)c1ccc2c(c1)C[C@@H](c1ccccc1)OC2=O. The topological polar surface area (TPSA) is 73.9 Å². The molecule has 6 heteroatoms. The van der Waals surface area contributed by atoms with E-state index in [-0.39, 0.29) is 18.0 Å². The second-order valence-corrected chi connectivity index (χ2v) is 7.19. The van der Waals surface area contributed by atoms with Gasteiger partial charge in [-0.05, 0) is 41.5 Å². The number of carbonyl (C=O) groups is 2. The number of hydrogen-bond acceptors (Lipinski definition) is 5. The summed E-state index contributed by atoms with van der Waals surface area (Å²) in [5.41, 5.74) is 3.32. The van der Waals surface area contributed by atoms with Gasteiger partial charge < -0.3 is 19.5 Å². The van der Waals surface area contributed by atoms with E-state index >= 15 is 0 Å². The molecule has 0 unspecified atom stereocenters. The van der Waals surface area contributed by atoms with Crippen LogP contribution in [0.3, 0.4) is 0 Å². The van der Waals surface area contributed by atoms with Crippen molar-refractivity contribution in [3.8, 4) is 11.5 Å². The first-order valence-electron chi connectivity index (χ1n) is 9.77. The normalized spacial score (nSPS) is 16.9. The van der Waals surface area contributed by atoms with Gasteiger partial charge in [-0.1, -0.05) is 30.3 Å². The minimum Gasteiger partial charge on any atom is -0.486 e. The van der Waals surface area contributed by atoms with Crippen molar-refractivity contribution in [1.82, 2.24) is 0 Å². The minimum atomic E-state index is -0.371. The second-order valence-electron chi connectivity index (χ2n) is 7.19. The van der Waals surface area contributed by atoms with E-state index in [0.29, 0.717) is 47.9 Å². The van der Waals surface area contributed by atoms with Crippen molar-refractivity contribution < 1.29 is 23.8 Å². The molecule has 3 aromatic carbocycles. The van der Waals surface area contributed by atoms with E-state index in [1.54, 1.807) is 36.4 Å². The summed E-state index contributed by atoms with van der Waals surface area (Å²) in [7, 11) is 0. The molecule has 0 radical (unpaired) electrons. The van der Waals surface area contributed by atoms with Crippen molar-refractivity contribution in [3.05, 3.63) is 89.0 Å². The maximum absolute atomic E-state index is 12.8. The zero-order chi connectivity index (χ0) is 20.5. The van der Waals surface area contributed by atoms with Crippen LogP contribution >= 0.6 is 0 Å². The third kappa shape index (κ3) is 3.48. The first-order valence-corrected chi connectivity index (χ1v) is 9.77. The van der Waals surface area contributed by atoms with Crippen LogP contribution in [-0.4, -0.2) is 25.1 Å². The summed E-state index contributed by atoms with van der Waals surface area (Å²) in [4.78, 5) is 25.2. The molecule has 0 aromatic heterocycles. The van der Waals surface area contributed by atoms with Crippen LogP contribution in [0.1, 0.15) is 37.9 Å². The van der Waals surface area contributed by atoms with Gasteiger partial charge in [-0.2, -0.15) is 0 Å². The van der Waals surface area contributed by atoms with Crippen LogP contribution in [0.4, 0.5) is 5.69 Å². The summed E-state index contributed by atoms with van der Waals surface area (Å²) in [6.07, 6.45) is 0.165. The quantitative estimate of drug-likeness (QED) is 0.667. The summed E-state index contributed by atoms with van der Waals surface area (Å²) < 4.78 is 16.7. The molecule has 0 aliphatic carbocycles. The Morgan fingerprint density at radius 1 is 0.900 bits per heavy atom. The number of amides is 1. The Kier molecular flexibility index (Phi) is 4.59. The van der Waals surface area contributed by atoms with Crippen molar-refractivity contribution in [2.75, 3.05) is 18.5 Å². The van der Waals surface area contributed by atoms with Gasteiger partial charge in [-0.15, -0.1) is 0 Å². The molecular weight excluding hydrogens is 382 g/mol. The molecule has 6 nitrogen and oxygen atoms in total. The Labute approximate surface area is 173 Å². The van der Waals surface area contributed by atoms with Gasteiger partial charge in [-0.25, -0.2) is 4.79 Å². The molecule has 2 aliphatic rings. The molecule has 30 heavy (non-hydrogen) atoms. The van der Waals surface area contributed by atoms with E-state index in [4.69, 9.17) is 14.2 Å². The number of fused-ring (bicyclic) bond motifs is 2. The zero-order valence-corrected chi connectivity index (χ0v) is 16.1. The molecule has 3 aromatic rings. The number of ether oxygens (including phenoxy) is 3. The van der Waals surface area contributed by atoms with Gasteiger partial charge >= 0.3 is 5.97 Å². The van der Waals surface area contributed by atoms with E-state index in [9.17, 15) is 9.59 Å². The average Bonchev–Trinajstić information content (AvgIpc) is 2.79. The van der Waals surface area contributed by atoms with Crippen LogP contribution in [0.5, 0.6) is 11.5 Å². The fraction of sp³-hybridized carbons (Fsp3) is 0.167. The lowest BCUT2D eigenvalue weighted by Crippen LogP contribution is -2.23. The van der Waals surface area contributed by atoms with Crippen LogP contribution in [0.15, 0.2) is 66.7 Å². The highest BCUT2D eigenvalue weighted by molar-refractivity contribution is 6.05. The van der Waals surface area contributed by atoms with Crippen molar-refractivity contribution >= 4 is 17.6 Å². The Bertz CT molecular complexity index is 1130. The monoisotopic (exact) mass is 401 g/mol. The number of rotatable bonds is 3. The summed E-state index contributed by atoms with van der Waals surface area (Å²) in [6.45, 7) is 0.994. The maximum Gasteiger partial charge on any atom is 0.339 e. The van der Waals surface area contributed by atoms with E-state index in [1.165, 1.54) is 0 Å². The summed E-state index contributed by atoms with van der Waals surface area (Å²) in [5.74, 6) is 0.644. The van der Waals surface area contributed by atoms with Gasteiger partial charge in [0.15, 0.2) is 11.5 Å². The predicted octanol–water partition coefficient (Wildman–Crippen LogP) is 4.16. The lowest BCUT2D eigenvalue weighted by Gasteiger charge is -2.25. The molecule has 0 saturated heterocycles. The lowest BCUT2D eigenvalue weighted by molar-refractivity contribution is 0.0252. The number of nitrogens with one attached hydrogen (secondary N) is 1. The second kappa shape index (κ2) is 7.55. The van der Waals surface area contributed by atoms with Crippen molar-refractivity contribution in [3.63, 3.8) is 0 Å². The first-order chi connectivity index (χ1) is 14.7. The van der Waals surface area contributed by atoms with Crippen molar-refractivity contribution in [2.24, 2.45) is 0 Å². The Morgan fingerprint density at radius 2 is 1.70 bits per heavy atom. The maximum atomic E-state index is 12.8. The van der Waals surface area contributed by atoms with E-state index < -0.39 is 0 Å². The molecule has 5 rings (SSSR count). The predicted molar refractivity (Wildman–Crippen MR) is 110 cm³/mol. The Hall–Kier alpha value is -3.80. The van der Waals surface area contributed by atoms with Gasteiger partial charge in [0.05, 0.1) is 5.56 Å². The first kappa shape index (κ1) is 18.2. The number of hydrogen-bond donors (Lipinski definition) is 1. The molecule has 150 valence electrons. The number of benzene rings is 3. The van der Waals surface area contributed by atoms with Gasteiger partial charge in [0, 0.05) is 23.7 Å². The van der Waals surface area contributed by atoms with Crippen molar-refractivity contribution in [2.45, 2.75) is 12.5 Å². The Balaban J connectivity index is 1.37. The molecule has 2 aliphatic heterocycles. The van der Waals surface area contributed by atoms with Crippen LogP contribution in [0.2, 0.25) is 0 Å². The van der Waals surface area contributed by atoms with E-state index in [2.05, 4.69) is 5.32 Å².